The molecule has 1 saturated heterocycles. The van der Waals surface area contributed by atoms with Gasteiger partial charge >= 0.3 is 17.9 Å². The maximum atomic E-state index is 11.3. The summed E-state index contributed by atoms with van der Waals surface area (Å²) in [6.45, 7) is 29.3. The first kappa shape index (κ1) is 59.9. The minimum absolute atomic E-state index is 0.133. The summed E-state index contributed by atoms with van der Waals surface area (Å²) in [5.41, 5.74) is 12.3. The minimum atomic E-state index is -0.700. The van der Waals surface area contributed by atoms with Crippen molar-refractivity contribution >= 4 is 29.6 Å². The summed E-state index contributed by atoms with van der Waals surface area (Å²) in [5, 5.41) is 21.8. The summed E-state index contributed by atoms with van der Waals surface area (Å²) in [7, 11) is 0. The maximum Gasteiger partial charge on any atom is 0.330 e. The molecule has 13 nitrogen and oxygen atoms in total. The average Bonchev–Trinajstić information content (AvgIpc) is 3.95. The largest absolute Gasteiger partial charge is 0.481 e. The molecule has 1 spiro atoms. The van der Waals surface area contributed by atoms with E-state index < -0.39 is 10.9 Å². The Morgan fingerprint density at radius 3 is 1.36 bits per heavy atom. The molecule has 0 radical (unpaired) electrons. The highest BCUT2D eigenvalue weighted by molar-refractivity contribution is 5.83. The van der Waals surface area contributed by atoms with Crippen molar-refractivity contribution in [1.82, 2.24) is 5.32 Å². The molecule has 11 fully saturated rings. The van der Waals surface area contributed by atoms with Gasteiger partial charge in [-0.15, -0.1) is 0 Å². The van der Waals surface area contributed by atoms with E-state index in [-0.39, 0.29) is 49.1 Å². The van der Waals surface area contributed by atoms with Gasteiger partial charge in [-0.2, -0.15) is 0 Å². The lowest BCUT2D eigenvalue weighted by Gasteiger charge is -2.52. The van der Waals surface area contributed by atoms with Gasteiger partial charge in [-0.1, -0.05) is 81.2 Å². The van der Waals surface area contributed by atoms with Crippen molar-refractivity contribution in [2.75, 3.05) is 32.8 Å². The highest BCUT2D eigenvalue weighted by atomic mass is 16.6. The van der Waals surface area contributed by atoms with Gasteiger partial charge in [0.05, 0.1) is 26.1 Å². The number of hydrogen-bond acceptors (Lipinski definition) is 10. The summed E-state index contributed by atoms with van der Waals surface area (Å²) in [6, 6.07) is 0. The monoisotopic (exact) mass is 1040 g/mol. The van der Waals surface area contributed by atoms with E-state index in [9.17, 15) is 34.1 Å². The molecular formula is C61H101N3O10. The van der Waals surface area contributed by atoms with Crippen LogP contribution in [-0.4, -0.2) is 72.5 Å². The van der Waals surface area contributed by atoms with Crippen LogP contribution in [0.15, 0.2) is 11.6 Å². The number of nitrogens with two attached hydrogens (primary N) is 1. The van der Waals surface area contributed by atoms with E-state index in [1.165, 1.54) is 102 Å². The first-order valence-electron chi connectivity index (χ1n) is 29.0. The fraction of sp³-hybridized carbons (Fsp3) is 0.885. The summed E-state index contributed by atoms with van der Waals surface area (Å²) in [6.07, 6.45) is 29.5. The van der Waals surface area contributed by atoms with Crippen LogP contribution >= 0.6 is 0 Å². The number of Topliss-reactive ketones (excluding diaryl/α,β-unsaturated/α-hetero) is 1. The topological polar surface area (TPSA) is 205 Å². The number of rotatable bonds is 10. The number of carboxylic acids is 1. The number of ketones is 1. The predicted octanol–water partition coefficient (Wildman–Crippen LogP) is 12.9. The number of nitro groups is 1. The van der Waals surface area contributed by atoms with Gasteiger partial charge in [-0.3, -0.25) is 29.3 Å². The Bertz CT molecular complexity index is 2090. The highest BCUT2D eigenvalue weighted by Gasteiger charge is 2.66. The zero-order valence-corrected chi connectivity index (χ0v) is 48.4. The van der Waals surface area contributed by atoms with Crippen molar-refractivity contribution in [2.45, 2.75) is 244 Å². The number of nitrogens with one attached hydrogen (secondary N) is 1. The van der Waals surface area contributed by atoms with Gasteiger partial charge < -0.3 is 25.6 Å². The van der Waals surface area contributed by atoms with Gasteiger partial charge in [-0.05, 0) is 201 Å². The number of hydrogen-bond donors (Lipinski definition) is 3. The number of fused-ring (bicyclic) bond motifs is 5. The number of amides is 1. The van der Waals surface area contributed by atoms with E-state index in [0.717, 1.165) is 62.3 Å². The van der Waals surface area contributed by atoms with E-state index in [1.54, 1.807) is 13.0 Å². The molecule has 11 rings (SSSR count). The van der Waals surface area contributed by atoms with Crippen LogP contribution < -0.4 is 11.1 Å². The van der Waals surface area contributed by atoms with Crippen LogP contribution in [-0.2, 0) is 33.4 Å². The molecule has 12 atom stereocenters. The Balaban J connectivity index is 0.000000146. The third-order valence-electron chi connectivity index (χ3n) is 24.1. The number of allylic oxidation sites excluding steroid dienone is 1. The minimum Gasteiger partial charge on any atom is -0.481 e. The molecule has 0 aromatic heterocycles. The number of ether oxygens (including phenoxy) is 2. The van der Waals surface area contributed by atoms with Gasteiger partial charge in [-0.25, -0.2) is 4.79 Å². The Morgan fingerprint density at radius 2 is 1.04 bits per heavy atom. The normalized spacial score (nSPS) is 44.0. The Kier molecular flexibility index (Phi) is 17.4. The average molecular weight is 1040 g/mol. The molecule has 10 aliphatic carbocycles. The predicted molar refractivity (Wildman–Crippen MR) is 289 cm³/mol. The molecule has 0 bridgehead atoms. The Hall–Kier alpha value is -3.35. The lowest BCUT2D eigenvalue weighted by atomic mass is 9.53. The molecule has 1 heterocycles. The molecule has 10 saturated carbocycles. The number of carbonyl (C=O) groups is 5. The zero-order chi connectivity index (χ0) is 55.1. The van der Waals surface area contributed by atoms with Gasteiger partial charge in [0.25, 0.3) is 0 Å². The number of esters is 2. The second-order valence-electron chi connectivity index (χ2n) is 29.2. The van der Waals surface area contributed by atoms with E-state index in [2.05, 4.69) is 79.3 Å². The van der Waals surface area contributed by atoms with Crippen molar-refractivity contribution in [3.63, 3.8) is 0 Å². The van der Waals surface area contributed by atoms with Crippen LogP contribution in [0.5, 0.6) is 0 Å². The quantitative estimate of drug-likeness (QED) is 0.0812. The van der Waals surface area contributed by atoms with Gasteiger partial charge in [0.2, 0.25) is 12.5 Å². The lowest BCUT2D eigenvalue weighted by molar-refractivity contribution is -0.480. The fourth-order valence-electron chi connectivity index (χ4n) is 17.2. The van der Waals surface area contributed by atoms with Gasteiger partial charge in [0, 0.05) is 43.2 Å². The third-order valence-corrected chi connectivity index (χ3v) is 24.1. The maximum absolute atomic E-state index is 11.3. The number of carboxylic acid groups (broad SMARTS) is 1. The van der Waals surface area contributed by atoms with Crippen molar-refractivity contribution in [2.24, 2.45) is 70.7 Å². The summed E-state index contributed by atoms with van der Waals surface area (Å²) < 4.78 is 9.51. The van der Waals surface area contributed by atoms with Crippen LogP contribution in [0.25, 0.3) is 0 Å². The molecule has 4 N–H and O–H groups in total. The molecular weight excluding hydrogens is 935 g/mol. The molecule has 13 heteroatoms. The van der Waals surface area contributed by atoms with Crippen molar-refractivity contribution < 1.29 is 43.5 Å². The van der Waals surface area contributed by atoms with E-state index >= 15 is 0 Å². The van der Waals surface area contributed by atoms with E-state index in [4.69, 9.17) is 15.6 Å². The Labute approximate surface area is 445 Å². The molecule has 1 amide bonds. The number of nitrogens with zero attached hydrogens (tertiary/aromatic N) is 1. The second kappa shape index (κ2) is 21.5. The number of carbonyl (C=O) groups excluding carboxylic acids is 4. The molecule has 0 aromatic carbocycles. The third kappa shape index (κ3) is 11.7. The molecule has 11 aliphatic rings. The van der Waals surface area contributed by atoms with Crippen molar-refractivity contribution in [3.8, 4) is 0 Å². The van der Waals surface area contributed by atoms with Crippen LogP contribution in [0.1, 0.15) is 244 Å². The molecule has 2 unspecified atom stereocenters. The fourth-order valence-corrected chi connectivity index (χ4v) is 17.2. The molecule has 420 valence electrons. The first-order chi connectivity index (χ1) is 34.2. The highest BCUT2D eigenvalue weighted by Crippen LogP contribution is 2.73. The SMILES string of the molecule is CCOC(=O)C=C1C[C@]2(C)CC[C@]2(C)C1.CCOC(=O)CCC[N+](=O)[O-].C[C@@]12CCC[C@]1(C)CC2.C[C@@]12CC[C@]1(C)CC(=O)C2.C[C@@]12CC[C@]1(C)CC(CN)(CC(=O)O)C2.C[C@@]12CC[C@]1(C)CC1(CNC(=O)C1)C2. The van der Waals surface area contributed by atoms with Crippen LogP contribution in [0, 0.1) is 75.1 Å². The second-order valence-corrected chi connectivity index (χ2v) is 29.2. The van der Waals surface area contributed by atoms with Crippen LogP contribution in [0.2, 0.25) is 0 Å². The standard InChI is InChI=1S/C13H20O2.C12H21NO2.C12H19NO.C9H14O.C9H16.C6H11NO4/c1-4-15-11(14)7-10-8-12(2)5-6-13(12,3)9-10;1-10-3-4-11(10,2)7-12(6-10,8-13)5-9(14)15;1-10-3-4-11(10,2)7-12(6-10)5-9(14)13-8-12;1-8-3-4-9(8,2)6-7(10)5-8;1-8-4-3-5-9(8,2)7-6-8;1-2-11-6(8)4-3-5-7(9)10/h7H,4-6,8-9H2,1-3H3;3-8,13H2,1-2H3,(H,14,15);3-8H2,1-2H3,(H,13,14);3-6H2,1-2H3;3-7H2,1-2H3;2-5H2,1H3/t12-,13+;2*10-,11+,12?;2*8-,9+;. The van der Waals surface area contributed by atoms with Gasteiger partial charge in [0.15, 0.2) is 0 Å². The van der Waals surface area contributed by atoms with Gasteiger partial charge in [0.1, 0.15) is 5.78 Å². The number of aliphatic carboxylic acids is 1. The summed E-state index contributed by atoms with van der Waals surface area (Å²) >= 11 is 0. The van der Waals surface area contributed by atoms with Crippen LogP contribution in [0.4, 0.5) is 0 Å². The van der Waals surface area contributed by atoms with Crippen molar-refractivity contribution in [3.05, 3.63) is 21.8 Å². The van der Waals surface area contributed by atoms with Crippen molar-refractivity contribution in [1.29, 1.82) is 0 Å². The zero-order valence-electron chi connectivity index (χ0n) is 48.4. The summed E-state index contributed by atoms with van der Waals surface area (Å²) in [4.78, 5) is 64.6. The first-order valence-corrected chi connectivity index (χ1v) is 29.0. The lowest BCUT2D eigenvalue weighted by Crippen LogP contribution is -2.42. The summed E-state index contributed by atoms with van der Waals surface area (Å²) in [5.74, 6) is -0.467. The van der Waals surface area contributed by atoms with E-state index in [0.29, 0.717) is 74.3 Å². The molecule has 0 aromatic rings. The van der Waals surface area contributed by atoms with E-state index in [1.807, 2.05) is 6.92 Å². The Morgan fingerprint density at radius 1 is 0.622 bits per heavy atom. The van der Waals surface area contributed by atoms with Crippen LogP contribution in [0.3, 0.4) is 0 Å². The molecule has 1 aliphatic heterocycles. The smallest absolute Gasteiger partial charge is 0.330 e. The molecule has 74 heavy (non-hydrogen) atoms.